The van der Waals surface area contributed by atoms with Gasteiger partial charge in [0.15, 0.2) is 17.3 Å². The molecule has 0 aliphatic carbocycles. The van der Waals surface area contributed by atoms with Gasteiger partial charge in [-0.15, -0.1) is 0 Å². The van der Waals surface area contributed by atoms with Gasteiger partial charge in [-0.3, -0.25) is 0 Å². The van der Waals surface area contributed by atoms with Gasteiger partial charge in [-0.2, -0.15) is 0 Å². The van der Waals surface area contributed by atoms with E-state index in [1.165, 1.54) is 5.56 Å². The molecule has 0 radical (unpaired) electrons. The van der Waals surface area contributed by atoms with E-state index in [4.69, 9.17) is 5.11 Å². The minimum absolute atomic E-state index is 0.189. The van der Waals surface area contributed by atoms with Crippen molar-refractivity contribution in [1.82, 2.24) is 19.5 Å². The lowest BCUT2D eigenvalue weighted by molar-refractivity contribution is 0.290. The van der Waals surface area contributed by atoms with Crippen LogP contribution in [0.4, 0.5) is 5.82 Å². The van der Waals surface area contributed by atoms with E-state index in [-0.39, 0.29) is 12.6 Å². The molecule has 0 saturated heterocycles. The van der Waals surface area contributed by atoms with Crippen LogP contribution in [0.5, 0.6) is 0 Å². The molecular weight excluding hydrogens is 326 g/mol. The third kappa shape index (κ3) is 4.26. The van der Waals surface area contributed by atoms with Gasteiger partial charge in [-0.25, -0.2) is 15.0 Å². The second-order valence-electron chi connectivity index (χ2n) is 6.46. The summed E-state index contributed by atoms with van der Waals surface area (Å²) < 4.78 is 2.05. The van der Waals surface area contributed by atoms with Gasteiger partial charge in [0, 0.05) is 19.2 Å². The van der Waals surface area contributed by atoms with Crippen molar-refractivity contribution in [2.75, 3.05) is 11.9 Å². The zero-order valence-corrected chi connectivity index (χ0v) is 15.3. The number of aliphatic hydroxyl groups excluding tert-OH is 1. The van der Waals surface area contributed by atoms with Crippen molar-refractivity contribution >= 4 is 23.1 Å². The van der Waals surface area contributed by atoms with E-state index in [9.17, 15) is 0 Å². The number of nitrogens with zero attached hydrogens (tertiary/aromatic N) is 4. The Kier molecular flexibility index (Phi) is 5.96. The normalized spacial score (nSPS) is 11.7. The molecule has 3 aromatic rings. The molecule has 0 bridgehead atoms. The summed E-state index contributed by atoms with van der Waals surface area (Å²) >= 11 is 0. The van der Waals surface area contributed by atoms with Gasteiger partial charge in [0.2, 0.25) is 0 Å². The second-order valence-corrected chi connectivity index (χ2v) is 6.46. The summed E-state index contributed by atoms with van der Waals surface area (Å²) in [6.45, 7) is 5.08. The van der Waals surface area contributed by atoms with E-state index < -0.39 is 0 Å². The number of aromatic nitrogens is 4. The fraction of sp³-hybridized carbons (Fsp3) is 0.350. The molecule has 2 heterocycles. The number of unbranched alkanes of at least 4 members (excludes halogenated alkanes) is 1. The van der Waals surface area contributed by atoms with E-state index in [1.807, 2.05) is 36.7 Å². The van der Waals surface area contributed by atoms with Crippen LogP contribution in [-0.4, -0.2) is 31.2 Å². The van der Waals surface area contributed by atoms with Crippen LogP contribution >= 0.6 is 0 Å². The van der Waals surface area contributed by atoms with Crippen molar-refractivity contribution in [2.24, 2.45) is 0 Å². The Morgan fingerprint density at radius 1 is 1.19 bits per heavy atom. The molecule has 0 fully saturated rings. The van der Waals surface area contributed by atoms with Gasteiger partial charge in [0.1, 0.15) is 5.52 Å². The lowest BCUT2D eigenvalue weighted by Gasteiger charge is -2.10. The maximum Gasteiger partial charge on any atom is 0.166 e. The van der Waals surface area contributed by atoms with Crippen LogP contribution in [0.3, 0.4) is 0 Å². The predicted octanol–water partition coefficient (Wildman–Crippen LogP) is 3.81. The SMILES string of the molecule is CC(C)n1cnc2c(NCc3ccccc3)nc(/C=C\CCCO)nc21. The number of allylic oxidation sites excluding steroid dienone is 1. The van der Waals surface area contributed by atoms with E-state index in [0.717, 1.165) is 29.8 Å². The molecule has 0 unspecified atom stereocenters. The zero-order chi connectivity index (χ0) is 18.4. The molecule has 3 rings (SSSR count). The van der Waals surface area contributed by atoms with Crippen LogP contribution in [-0.2, 0) is 6.54 Å². The van der Waals surface area contributed by atoms with Crippen LogP contribution in [0.25, 0.3) is 17.2 Å². The summed E-state index contributed by atoms with van der Waals surface area (Å²) in [7, 11) is 0. The first-order valence-corrected chi connectivity index (χ1v) is 8.99. The summed E-state index contributed by atoms with van der Waals surface area (Å²) in [6.07, 6.45) is 7.25. The van der Waals surface area contributed by atoms with Crippen molar-refractivity contribution in [3.63, 3.8) is 0 Å². The lowest BCUT2D eigenvalue weighted by atomic mass is 10.2. The zero-order valence-electron chi connectivity index (χ0n) is 15.3. The molecule has 2 N–H and O–H groups in total. The molecule has 0 saturated carbocycles. The molecule has 0 aliphatic rings. The largest absolute Gasteiger partial charge is 0.396 e. The number of rotatable bonds is 8. The Labute approximate surface area is 153 Å². The molecule has 6 nitrogen and oxygen atoms in total. The highest BCUT2D eigenvalue weighted by molar-refractivity contribution is 5.84. The number of hydrogen-bond acceptors (Lipinski definition) is 5. The Bertz CT molecular complexity index is 871. The number of fused-ring (bicyclic) bond motifs is 1. The van der Waals surface area contributed by atoms with Gasteiger partial charge in [0.05, 0.1) is 6.33 Å². The van der Waals surface area contributed by atoms with E-state index in [2.05, 4.69) is 50.8 Å². The van der Waals surface area contributed by atoms with Crippen molar-refractivity contribution in [2.45, 2.75) is 39.3 Å². The maximum absolute atomic E-state index is 8.91. The first-order chi connectivity index (χ1) is 12.7. The van der Waals surface area contributed by atoms with E-state index in [1.54, 1.807) is 0 Å². The molecule has 0 spiro atoms. The highest BCUT2D eigenvalue weighted by Gasteiger charge is 2.13. The fourth-order valence-electron chi connectivity index (χ4n) is 2.69. The molecule has 0 aliphatic heterocycles. The van der Waals surface area contributed by atoms with Gasteiger partial charge in [-0.1, -0.05) is 36.4 Å². The van der Waals surface area contributed by atoms with Gasteiger partial charge < -0.3 is 15.0 Å². The van der Waals surface area contributed by atoms with Crippen molar-refractivity contribution in [1.29, 1.82) is 0 Å². The summed E-state index contributed by atoms with van der Waals surface area (Å²) in [6, 6.07) is 10.5. The summed E-state index contributed by atoms with van der Waals surface area (Å²) in [5.41, 5.74) is 2.79. The third-order valence-electron chi connectivity index (χ3n) is 4.09. The van der Waals surface area contributed by atoms with Crippen molar-refractivity contribution < 1.29 is 5.11 Å². The molecule has 2 aromatic heterocycles. The van der Waals surface area contributed by atoms with Crippen LogP contribution in [0.15, 0.2) is 42.7 Å². The Morgan fingerprint density at radius 3 is 2.73 bits per heavy atom. The van der Waals surface area contributed by atoms with Crippen molar-refractivity contribution in [3.05, 3.63) is 54.1 Å². The topological polar surface area (TPSA) is 75.9 Å². The lowest BCUT2D eigenvalue weighted by Crippen LogP contribution is -2.06. The molecule has 6 heteroatoms. The van der Waals surface area contributed by atoms with Gasteiger partial charge in [0.25, 0.3) is 0 Å². The number of hydrogen-bond donors (Lipinski definition) is 2. The standard InChI is InChI=1S/C20H25N5O/c1-15(2)25-14-22-18-19(21-13-16-9-5-3-6-10-16)23-17(24-20(18)25)11-7-4-8-12-26/h3,5-7,9-11,14-15,26H,4,8,12-13H2,1-2H3,(H,21,23,24)/b11-7-. The van der Waals surface area contributed by atoms with Crippen molar-refractivity contribution in [3.8, 4) is 0 Å². The number of benzene rings is 1. The van der Waals surface area contributed by atoms with Crippen LogP contribution in [0.2, 0.25) is 0 Å². The summed E-state index contributed by atoms with van der Waals surface area (Å²) in [5, 5.41) is 12.3. The highest BCUT2D eigenvalue weighted by Crippen LogP contribution is 2.22. The number of aliphatic hydroxyl groups is 1. The predicted molar refractivity (Wildman–Crippen MR) is 105 cm³/mol. The van der Waals surface area contributed by atoms with E-state index >= 15 is 0 Å². The molecule has 26 heavy (non-hydrogen) atoms. The first kappa shape index (κ1) is 18.1. The molecule has 0 atom stereocenters. The minimum Gasteiger partial charge on any atom is -0.396 e. The van der Waals surface area contributed by atoms with Crippen LogP contribution < -0.4 is 5.32 Å². The Hall–Kier alpha value is -2.73. The van der Waals surface area contributed by atoms with Gasteiger partial charge >= 0.3 is 0 Å². The molecule has 1 aromatic carbocycles. The quantitative estimate of drug-likeness (QED) is 0.604. The second kappa shape index (κ2) is 8.58. The maximum atomic E-state index is 8.91. The Balaban J connectivity index is 1.92. The minimum atomic E-state index is 0.189. The van der Waals surface area contributed by atoms with E-state index in [0.29, 0.717) is 12.4 Å². The first-order valence-electron chi connectivity index (χ1n) is 8.99. The fourth-order valence-corrected chi connectivity index (χ4v) is 2.69. The number of nitrogens with one attached hydrogen (secondary N) is 1. The smallest absolute Gasteiger partial charge is 0.166 e. The van der Waals surface area contributed by atoms with Crippen LogP contribution in [0.1, 0.15) is 44.1 Å². The summed E-state index contributed by atoms with van der Waals surface area (Å²) in [5.74, 6) is 1.38. The third-order valence-corrected chi connectivity index (χ3v) is 4.09. The average molecular weight is 351 g/mol. The average Bonchev–Trinajstić information content (AvgIpc) is 3.08. The highest BCUT2D eigenvalue weighted by atomic mass is 16.2. The van der Waals surface area contributed by atoms with Gasteiger partial charge in [-0.05, 0) is 38.3 Å². The number of anilines is 1. The Morgan fingerprint density at radius 2 is 2.00 bits per heavy atom. The monoisotopic (exact) mass is 351 g/mol. The number of imidazole rings is 1. The molecule has 0 amide bonds. The molecular formula is C20H25N5O. The molecule has 136 valence electrons. The van der Waals surface area contributed by atoms with Crippen LogP contribution in [0, 0.1) is 0 Å². The summed E-state index contributed by atoms with van der Waals surface area (Å²) in [4.78, 5) is 13.8.